The van der Waals surface area contributed by atoms with Gasteiger partial charge in [0.2, 0.25) is 0 Å². The summed E-state index contributed by atoms with van der Waals surface area (Å²) < 4.78 is 3.99. The molecule has 0 bridgehead atoms. The van der Waals surface area contributed by atoms with E-state index in [1.165, 1.54) is 5.56 Å². The Kier molecular flexibility index (Phi) is 7.96. The van der Waals surface area contributed by atoms with Crippen molar-refractivity contribution in [1.82, 2.24) is 24.2 Å². The average molecular weight is 498 g/mol. The highest BCUT2D eigenvalue weighted by Crippen LogP contribution is 2.40. The van der Waals surface area contributed by atoms with Crippen LogP contribution in [-0.2, 0) is 13.6 Å². The first-order valence-corrected chi connectivity index (χ1v) is 13.2. The van der Waals surface area contributed by atoms with Crippen LogP contribution in [0.2, 0.25) is 0 Å². The Morgan fingerprint density at radius 3 is 2.24 bits per heavy atom. The third-order valence-electron chi connectivity index (χ3n) is 6.80. The third kappa shape index (κ3) is 6.01. The van der Waals surface area contributed by atoms with Gasteiger partial charge in [0.1, 0.15) is 5.82 Å². The van der Waals surface area contributed by atoms with Crippen LogP contribution in [0.4, 0.5) is 0 Å². The van der Waals surface area contributed by atoms with E-state index < -0.39 is 0 Å². The lowest BCUT2D eigenvalue weighted by Crippen LogP contribution is -2.43. The molecular formula is C31H39N5O. The fourth-order valence-electron chi connectivity index (χ4n) is 4.79. The molecule has 0 radical (unpaired) electrons. The molecule has 4 aromatic rings. The molecule has 0 aliphatic carbocycles. The predicted molar refractivity (Wildman–Crippen MR) is 149 cm³/mol. The van der Waals surface area contributed by atoms with Crippen molar-refractivity contribution in [2.45, 2.75) is 60.0 Å². The monoisotopic (exact) mass is 497 g/mol. The van der Waals surface area contributed by atoms with Crippen LogP contribution in [0.3, 0.4) is 0 Å². The van der Waals surface area contributed by atoms with E-state index in [-0.39, 0.29) is 17.4 Å². The fourth-order valence-corrected chi connectivity index (χ4v) is 4.79. The summed E-state index contributed by atoms with van der Waals surface area (Å²) in [5.74, 6) is 0.847. The van der Waals surface area contributed by atoms with Gasteiger partial charge in [0, 0.05) is 37.6 Å². The molecule has 0 saturated carbocycles. The Bertz CT molecular complexity index is 1300. The second kappa shape index (κ2) is 11.2. The van der Waals surface area contributed by atoms with Crippen LogP contribution in [0.1, 0.15) is 74.1 Å². The summed E-state index contributed by atoms with van der Waals surface area (Å²) in [4.78, 5) is 21.3. The van der Waals surface area contributed by atoms with E-state index in [1.54, 1.807) is 4.68 Å². The van der Waals surface area contributed by atoms with Gasteiger partial charge in [-0.1, -0.05) is 94.8 Å². The molecule has 0 fully saturated rings. The van der Waals surface area contributed by atoms with Gasteiger partial charge < -0.3 is 9.47 Å². The van der Waals surface area contributed by atoms with Crippen LogP contribution in [0.5, 0.6) is 0 Å². The topological polar surface area (TPSA) is 56.0 Å². The molecule has 194 valence electrons. The summed E-state index contributed by atoms with van der Waals surface area (Å²) in [5.41, 5.74) is 4.35. The van der Waals surface area contributed by atoms with Crippen LogP contribution in [0.25, 0.3) is 11.3 Å². The van der Waals surface area contributed by atoms with Crippen molar-refractivity contribution < 1.29 is 4.79 Å². The Morgan fingerprint density at radius 2 is 1.68 bits per heavy atom. The zero-order chi connectivity index (χ0) is 26.6. The minimum Gasteiger partial charge on any atom is -0.328 e. The Balaban J connectivity index is 1.86. The van der Waals surface area contributed by atoms with Gasteiger partial charge in [-0.15, -0.1) is 0 Å². The molecule has 0 saturated heterocycles. The van der Waals surface area contributed by atoms with Gasteiger partial charge in [-0.05, 0) is 30.4 Å². The summed E-state index contributed by atoms with van der Waals surface area (Å²) in [7, 11) is 1.88. The summed E-state index contributed by atoms with van der Waals surface area (Å²) in [6.45, 7) is 12.0. The van der Waals surface area contributed by atoms with E-state index in [0.29, 0.717) is 18.8 Å². The van der Waals surface area contributed by atoms with E-state index in [2.05, 4.69) is 80.0 Å². The lowest BCUT2D eigenvalue weighted by atomic mass is 9.84. The molecular weight excluding hydrogens is 458 g/mol. The van der Waals surface area contributed by atoms with Crippen LogP contribution < -0.4 is 0 Å². The number of imidazole rings is 1. The molecule has 1 atom stereocenters. The van der Waals surface area contributed by atoms with E-state index >= 15 is 0 Å². The first-order chi connectivity index (χ1) is 17.7. The maximum absolute atomic E-state index is 14.0. The van der Waals surface area contributed by atoms with Crippen LogP contribution >= 0.6 is 0 Å². The summed E-state index contributed by atoms with van der Waals surface area (Å²) >= 11 is 0. The molecule has 2 aromatic carbocycles. The van der Waals surface area contributed by atoms with Gasteiger partial charge >= 0.3 is 0 Å². The molecule has 2 heterocycles. The maximum Gasteiger partial charge on any atom is 0.274 e. The SMILES string of the molecule is CCCCN(C(=O)c1cc(C)n(C)n1)[C@@H](c1nc(-c2ccccc2)cn1Cc1ccccc1)C(C)(C)C. The number of unbranched alkanes of at least 4 members (excludes halogenated alkanes) is 1. The first kappa shape index (κ1) is 26.4. The Hall–Kier alpha value is -3.67. The standard InChI is InChI=1S/C31H39N5O/c1-7-8-19-36(30(37)26-20-23(2)34(6)33-26)28(31(3,4)5)29-32-27(25-17-13-10-14-18-25)22-35(29)21-24-15-11-9-12-16-24/h9-18,20,22,28H,7-8,19,21H2,1-6H3/t28-/m0/s1. The number of aryl methyl sites for hydroxylation is 2. The average Bonchev–Trinajstić information content (AvgIpc) is 3.44. The Morgan fingerprint density at radius 1 is 1.03 bits per heavy atom. The van der Waals surface area contributed by atoms with Crippen LogP contribution in [0, 0.1) is 12.3 Å². The van der Waals surface area contributed by atoms with E-state index in [4.69, 9.17) is 4.98 Å². The highest BCUT2D eigenvalue weighted by molar-refractivity contribution is 5.92. The normalized spacial score (nSPS) is 12.5. The molecule has 0 unspecified atom stereocenters. The largest absolute Gasteiger partial charge is 0.328 e. The summed E-state index contributed by atoms with van der Waals surface area (Å²) in [6.07, 6.45) is 4.04. The minimum atomic E-state index is -0.263. The lowest BCUT2D eigenvalue weighted by Gasteiger charge is -2.39. The summed E-state index contributed by atoms with van der Waals surface area (Å²) in [6, 6.07) is 22.3. The smallest absolute Gasteiger partial charge is 0.274 e. The molecule has 6 heteroatoms. The van der Waals surface area contributed by atoms with E-state index in [1.807, 2.05) is 49.2 Å². The van der Waals surface area contributed by atoms with Gasteiger partial charge in [0.15, 0.2) is 5.69 Å². The van der Waals surface area contributed by atoms with Crippen LogP contribution in [-0.4, -0.2) is 36.7 Å². The molecule has 2 aromatic heterocycles. The van der Waals surface area contributed by atoms with E-state index in [9.17, 15) is 4.79 Å². The second-order valence-electron chi connectivity index (χ2n) is 10.9. The molecule has 37 heavy (non-hydrogen) atoms. The maximum atomic E-state index is 14.0. The molecule has 0 N–H and O–H groups in total. The van der Waals surface area contributed by atoms with Crippen molar-refractivity contribution in [2.75, 3.05) is 6.54 Å². The molecule has 6 nitrogen and oxygen atoms in total. The zero-order valence-electron chi connectivity index (χ0n) is 23.0. The van der Waals surface area contributed by atoms with Gasteiger partial charge in [-0.2, -0.15) is 5.10 Å². The number of carbonyl (C=O) groups excluding carboxylic acids is 1. The second-order valence-corrected chi connectivity index (χ2v) is 10.9. The number of carbonyl (C=O) groups is 1. The molecule has 0 aliphatic heterocycles. The Labute approximate surface area is 221 Å². The number of rotatable bonds is 9. The van der Waals surface area contributed by atoms with Crippen LogP contribution in [0.15, 0.2) is 72.9 Å². The van der Waals surface area contributed by atoms with Crippen molar-refractivity contribution >= 4 is 5.91 Å². The highest BCUT2D eigenvalue weighted by Gasteiger charge is 2.39. The lowest BCUT2D eigenvalue weighted by molar-refractivity contribution is 0.0473. The zero-order valence-corrected chi connectivity index (χ0v) is 23.0. The first-order valence-electron chi connectivity index (χ1n) is 13.2. The fraction of sp³-hybridized carbons (Fsp3) is 0.387. The number of benzene rings is 2. The van der Waals surface area contributed by atoms with Crippen molar-refractivity contribution in [3.63, 3.8) is 0 Å². The number of aromatic nitrogens is 4. The van der Waals surface area contributed by atoms with Crippen molar-refractivity contribution in [1.29, 1.82) is 0 Å². The van der Waals surface area contributed by atoms with E-state index in [0.717, 1.165) is 35.6 Å². The van der Waals surface area contributed by atoms with Gasteiger partial charge in [0.25, 0.3) is 5.91 Å². The third-order valence-corrected chi connectivity index (χ3v) is 6.80. The number of nitrogens with zero attached hydrogens (tertiary/aromatic N) is 5. The molecule has 0 aliphatic rings. The number of amides is 1. The highest BCUT2D eigenvalue weighted by atomic mass is 16.2. The van der Waals surface area contributed by atoms with Gasteiger partial charge in [-0.25, -0.2) is 4.98 Å². The number of hydrogen-bond acceptors (Lipinski definition) is 3. The minimum absolute atomic E-state index is 0.0485. The van der Waals surface area contributed by atoms with Crippen molar-refractivity contribution in [2.24, 2.45) is 12.5 Å². The predicted octanol–water partition coefficient (Wildman–Crippen LogP) is 6.67. The van der Waals surface area contributed by atoms with Crippen molar-refractivity contribution in [3.05, 3.63) is 95.7 Å². The molecule has 0 spiro atoms. The van der Waals surface area contributed by atoms with Gasteiger partial charge in [0.05, 0.1) is 11.7 Å². The molecule has 1 amide bonds. The van der Waals surface area contributed by atoms with Gasteiger partial charge in [-0.3, -0.25) is 9.48 Å². The number of hydrogen-bond donors (Lipinski definition) is 0. The van der Waals surface area contributed by atoms with Crippen molar-refractivity contribution in [3.8, 4) is 11.3 Å². The summed E-state index contributed by atoms with van der Waals surface area (Å²) in [5, 5.41) is 4.54. The quantitative estimate of drug-likeness (QED) is 0.259. The molecule has 4 rings (SSSR count).